The van der Waals surface area contributed by atoms with Crippen LogP contribution in [0.15, 0.2) is 23.8 Å². The van der Waals surface area contributed by atoms with Gasteiger partial charge in [0, 0.05) is 6.42 Å². The summed E-state index contributed by atoms with van der Waals surface area (Å²) in [6.45, 7) is 0. The Labute approximate surface area is 72.4 Å². The lowest BCUT2D eigenvalue weighted by Gasteiger charge is -2.21. The first kappa shape index (κ1) is 9.83. The summed E-state index contributed by atoms with van der Waals surface area (Å²) in [6.07, 6.45) is -0.354. The van der Waals surface area contributed by atoms with E-state index in [2.05, 4.69) is 0 Å². The molecule has 0 aromatic heterocycles. The van der Waals surface area contributed by atoms with E-state index in [-0.39, 0.29) is 0 Å². The molecule has 2 nitrogen and oxygen atoms in total. The minimum Gasteiger partial charge on any atom is -0.481 e. The molecule has 0 amide bonds. The van der Waals surface area contributed by atoms with Crippen LogP contribution in [0.2, 0.25) is 0 Å². The standard InChI is InChI=1S/C8H7F3O2/c9-5-1-2-8(11,3-6(5)10)4-7(12)13/h1-2H,3-4H2,(H,12,13). The van der Waals surface area contributed by atoms with E-state index >= 15 is 0 Å². The molecule has 0 fully saturated rings. The predicted octanol–water partition coefficient (Wildman–Crippen LogP) is 2.28. The van der Waals surface area contributed by atoms with Gasteiger partial charge in [0.15, 0.2) is 5.83 Å². The lowest BCUT2D eigenvalue weighted by Crippen LogP contribution is -2.26. The van der Waals surface area contributed by atoms with Gasteiger partial charge in [0.05, 0.1) is 6.42 Å². The molecule has 0 bridgehead atoms. The number of carboxylic acid groups (broad SMARTS) is 1. The Morgan fingerprint density at radius 1 is 1.62 bits per heavy atom. The molecule has 1 aliphatic rings. The summed E-state index contributed by atoms with van der Waals surface area (Å²) < 4.78 is 38.2. The second-order valence-corrected chi connectivity index (χ2v) is 2.87. The van der Waals surface area contributed by atoms with Crippen LogP contribution in [0.4, 0.5) is 13.2 Å². The van der Waals surface area contributed by atoms with Crippen molar-refractivity contribution in [1.82, 2.24) is 0 Å². The molecular weight excluding hydrogens is 185 g/mol. The van der Waals surface area contributed by atoms with E-state index in [1.165, 1.54) is 0 Å². The van der Waals surface area contributed by atoms with Gasteiger partial charge < -0.3 is 5.11 Å². The zero-order valence-corrected chi connectivity index (χ0v) is 6.56. The Kier molecular flexibility index (Phi) is 2.45. The number of aliphatic carboxylic acids is 1. The SMILES string of the molecule is O=C(O)CC1(F)C=CC(F)=C(F)C1. The lowest BCUT2D eigenvalue weighted by atomic mass is 9.93. The molecule has 0 heterocycles. The third-order valence-electron chi connectivity index (χ3n) is 1.68. The maximum atomic E-state index is 13.3. The first-order chi connectivity index (χ1) is 5.93. The Bertz CT molecular complexity index is 296. The first-order valence-electron chi connectivity index (χ1n) is 3.57. The Morgan fingerprint density at radius 2 is 2.23 bits per heavy atom. The summed E-state index contributed by atoms with van der Waals surface area (Å²) in [6, 6.07) is 0. The quantitative estimate of drug-likeness (QED) is 0.728. The van der Waals surface area contributed by atoms with Crippen molar-refractivity contribution >= 4 is 5.97 Å². The Balaban J connectivity index is 2.78. The molecule has 0 aromatic rings. The van der Waals surface area contributed by atoms with E-state index in [9.17, 15) is 18.0 Å². The minimum atomic E-state index is -2.30. The van der Waals surface area contributed by atoms with Gasteiger partial charge in [-0.15, -0.1) is 0 Å². The number of carbonyl (C=O) groups is 1. The summed E-state index contributed by atoms with van der Waals surface area (Å²) >= 11 is 0. The van der Waals surface area contributed by atoms with Crippen LogP contribution in [0.3, 0.4) is 0 Å². The molecule has 0 radical (unpaired) electrons. The van der Waals surface area contributed by atoms with Crippen molar-refractivity contribution < 1.29 is 23.1 Å². The fraction of sp³-hybridized carbons (Fsp3) is 0.375. The number of alkyl halides is 1. The zero-order chi connectivity index (χ0) is 10.1. The highest BCUT2D eigenvalue weighted by Crippen LogP contribution is 2.34. The van der Waals surface area contributed by atoms with Crippen LogP contribution in [0, 0.1) is 0 Å². The molecule has 1 rings (SSSR count). The third-order valence-corrected chi connectivity index (χ3v) is 1.68. The van der Waals surface area contributed by atoms with Gasteiger partial charge in [0.25, 0.3) is 0 Å². The van der Waals surface area contributed by atoms with Gasteiger partial charge >= 0.3 is 5.97 Å². The number of allylic oxidation sites excluding steroid dienone is 4. The molecule has 5 heteroatoms. The Morgan fingerprint density at radius 3 is 2.69 bits per heavy atom. The van der Waals surface area contributed by atoms with Gasteiger partial charge in [-0.25, -0.2) is 13.2 Å². The van der Waals surface area contributed by atoms with Crippen molar-refractivity contribution in [1.29, 1.82) is 0 Å². The summed E-state index contributed by atoms with van der Waals surface area (Å²) in [5.74, 6) is -3.77. The molecule has 1 aliphatic carbocycles. The summed E-state index contributed by atoms with van der Waals surface area (Å²) in [5.41, 5.74) is -2.30. The monoisotopic (exact) mass is 192 g/mol. The van der Waals surface area contributed by atoms with Crippen LogP contribution in [-0.4, -0.2) is 16.7 Å². The summed E-state index contributed by atoms with van der Waals surface area (Å²) in [5, 5.41) is 8.28. The molecule has 1 atom stereocenters. The predicted molar refractivity (Wildman–Crippen MR) is 39.1 cm³/mol. The second-order valence-electron chi connectivity index (χ2n) is 2.87. The molecule has 1 unspecified atom stereocenters. The van der Waals surface area contributed by atoms with E-state index in [1.54, 1.807) is 0 Å². The highest BCUT2D eigenvalue weighted by Gasteiger charge is 2.34. The van der Waals surface area contributed by atoms with Crippen LogP contribution >= 0.6 is 0 Å². The molecule has 0 saturated carbocycles. The van der Waals surface area contributed by atoms with E-state index in [1.807, 2.05) is 0 Å². The third kappa shape index (κ3) is 2.34. The summed E-state index contributed by atoms with van der Waals surface area (Å²) in [7, 11) is 0. The summed E-state index contributed by atoms with van der Waals surface area (Å²) in [4.78, 5) is 10.2. The van der Waals surface area contributed by atoms with Gasteiger partial charge in [0.1, 0.15) is 11.5 Å². The van der Waals surface area contributed by atoms with Crippen LogP contribution in [0.5, 0.6) is 0 Å². The smallest absolute Gasteiger partial charge is 0.306 e. The number of hydrogen-bond donors (Lipinski definition) is 1. The molecule has 13 heavy (non-hydrogen) atoms. The maximum Gasteiger partial charge on any atom is 0.306 e. The van der Waals surface area contributed by atoms with Crippen LogP contribution in [0.25, 0.3) is 0 Å². The zero-order valence-electron chi connectivity index (χ0n) is 6.56. The van der Waals surface area contributed by atoms with Crippen LogP contribution in [-0.2, 0) is 4.79 Å². The van der Waals surface area contributed by atoms with Crippen molar-refractivity contribution in [3.8, 4) is 0 Å². The topological polar surface area (TPSA) is 37.3 Å². The van der Waals surface area contributed by atoms with E-state index in [0.717, 1.165) is 6.08 Å². The van der Waals surface area contributed by atoms with Crippen LogP contribution < -0.4 is 0 Å². The van der Waals surface area contributed by atoms with Crippen molar-refractivity contribution in [2.45, 2.75) is 18.5 Å². The van der Waals surface area contributed by atoms with E-state index in [0.29, 0.717) is 6.08 Å². The fourth-order valence-electron chi connectivity index (χ4n) is 1.09. The number of carboxylic acids is 1. The second kappa shape index (κ2) is 3.24. The van der Waals surface area contributed by atoms with E-state index < -0.39 is 36.1 Å². The number of rotatable bonds is 2. The van der Waals surface area contributed by atoms with E-state index in [4.69, 9.17) is 5.11 Å². The van der Waals surface area contributed by atoms with Crippen molar-refractivity contribution in [3.05, 3.63) is 23.8 Å². The van der Waals surface area contributed by atoms with Gasteiger partial charge in [-0.3, -0.25) is 4.79 Å². The average molecular weight is 192 g/mol. The van der Waals surface area contributed by atoms with Crippen molar-refractivity contribution in [2.24, 2.45) is 0 Å². The minimum absolute atomic E-state index is 0.613. The highest BCUT2D eigenvalue weighted by molar-refractivity contribution is 5.69. The normalized spacial score (nSPS) is 27.9. The first-order valence-corrected chi connectivity index (χ1v) is 3.57. The highest BCUT2D eigenvalue weighted by atomic mass is 19.2. The molecule has 0 aliphatic heterocycles. The number of halogens is 3. The fourth-order valence-corrected chi connectivity index (χ4v) is 1.09. The van der Waals surface area contributed by atoms with Crippen molar-refractivity contribution in [3.63, 3.8) is 0 Å². The molecule has 72 valence electrons. The molecule has 0 spiro atoms. The average Bonchev–Trinajstić information content (AvgIpc) is 1.96. The largest absolute Gasteiger partial charge is 0.481 e. The van der Waals surface area contributed by atoms with Gasteiger partial charge in [-0.05, 0) is 12.2 Å². The molecular formula is C8H7F3O2. The molecule has 0 saturated heterocycles. The Hall–Kier alpha value is -1.26. The molecule has 1 N–H and O–H groups in total. The maximum absolute atomic E-state index is 13.3. The lowest BCUT2D eigenvalue weighted by molar-refractivity contribution is -0.139. The molecule has 0 aromatic carbocycles. The van der Waals surface area contributed by atoms with Crippen LogP contribution in [0.1, 0.15) is 12.8 Å². The van der Waals surface area contributed by atoms with Gasteiger partial charge in [-0.2, -0.15) is 0 Å². The van der Waals surface area contributed by atoms with Crippen molar-refractivity contribution in [2.75, 3.05) is 0 Å². The van der Waals surface area contributed by atoms with Gasteiger partial charge in [-0.1, -0.05) is 0 Å². The number of hydrogen-bond acceptors (Lipinski definition) is 1. The van der Waals surface area contributed by atoms with Gasteiger partial charge in [0.2, 0.25) is 0 Å².